The summed E-state index contributed by atoms with van der Waals surface area (Å²) in [6.45, 7) is 22.9. The van der Waals surface area contributed by atoms with Crippen molar-refractivity contribution in [3.63, 3.8) is 0 Å². The summed E-state index contributed by atoms with van der Waals surface area (Å²) in [7, 11) is 1.60. The van der Waals surface area contributed by atoms with Crippen molar-refractivity contribution < 1.29 is 32.2 Å². The summed E-state index contributed by atoms with van der Waals surface area (Å²) in [5.74, 6) is 3.33. The van der Waals surface area contributed by atoms with Gasteiger partial charge < -0.3 is 40.3 Å². The van der Waals surface area contributed by atoms with E-state index < -0.39 is 0 Å². The number of hydrogen-bond donors (Lipinski definition) is 4. The fourth-order valence-corrected chi connectivity index (χ4v) is 11.7. The number of pyridine rings is 1. The molecule has 20 nitrogen and oxygen atoms in total. The number of hydrogen-bond acceptors (Lipinski definition) is 14. The Kier molecular flexibility index (Phi) is 16.3. The number of imidazole rings is 3. The van der Waals surface area contributed by atoms with Crippen molar-refractivity contribution >= 4 is 52.2 Å². The minimum absolute atomic E-state index is 0.138. The Morgan fingerprint density at radius 3 is 1.40 bits per heavy atom. The molecular formula is C69H57F3N16O4. The van der Waals surface area contributed by atoms with Gasteiger partial charge in [0, 0.05) is 139 Å². The lowest BCUT2D eigenvalue weighted by Gasteiger charge is -2.13. The fraction of sp³-hybridized carbons (Fsp3) is 0.188. The molecule has 0 atom stereocenters. The Morgan fingerprint density at radius 2 is 0.957 bits per heavy atom. The molecule has 92 heavy (non-hydrogen) atoms. The first-order valence-corrected chi connectivity index (χ1v) is 29.5. The summed E-state index contributed by atoms with van der Waals surface area (Å²) in [5.41, 5.74) is 15.2. The Bertz CT molecular complexity index is 4950. The van der Waals surface area contributed by atoms with Crippen LogP contribution in [0.5, 0.6) is 17.2 Å². The van der Waals surface area contributed by atoms with Gasteiger partial charge in [-0.2, -0.15) is 0 Å². The van der Waals surface area contributed by atoms with E-state index in [4.69, 9.17) is 27.4 Å². The number of aryl methyl sites for hydroxylation is 3. The van der Waals surface area contributed by atoms with Crippen molar-refractivity contribution in [2.24, 2.45) is 0 Å². The summed E-state index contributed by atoms with van der Waals surface area (Å²) in [5, 5.41) is 12.4. The second-order valence-electron chi connectivity index (χ2n) is 21.9. The summed E-state index contributed by atoms with van der Waals surface area (Å²) in [6.07, 6.45) is 14.5. The number of ether oxygens (including phenoxy) is 3. The van der Waals surface area contributed by atoms with Crippen molar-refractivity contribution in [3.05, 3.63) is 237 Å². The molecule has 0 unspecified atom stereocenters. The van der Waals surface area contributed by atoms with Crippen LogP contribution in [0, 0.1) is 51.4 Å². The van der Waals surface area contributed by atoms with Crippen LogP contribution in [0.25, 0.3) is 60.0 Å². The molecule has 4 N–H and O–H groups in total. The molecule has 0 radical (unpaired) electrons. The van der Waals surface area contributed by atoms with Gasteiger partial charge in [-0.05, 0) is 98.1 Å². The monoisotopic (exact) mass is 1230 g/mol. The molecule has 7 aromatic heterocycles. The van der Waals surface area contributed by atoms with E-state index in [9.17, 15) is 18.0 Å². The zero-order valence-corrected chi connectivity index (χ0v) is 50.3. The van der Waals surface area contributed by atoms with Crippen molar-refractivity contribution in [2.75, 3.05) is 42.8 Å². The first-order chi connectivity index (χ1) is 44.8. The second kappa shape index (κ2) is 25.3. The fourth-order valence-electron chi connectivity index (χ4n) is 11.7. The lowest BCUT2D eigenvalue weighted by Crippen LogP contribution is -2.17. The number of carbonyl (C=O) groups is 1. The molecule has 5 aromatic carbocycles. The average Bonchev–Trinajstić information content (AvgIpc) is 1.59. The number of anilines is 3. The molecular weight excluding hydrogens is 1170 g/mol. The third kappa shape index (κ3) is 11.6. The van der Waals surface area contributed by atoms with Gasteiger partial charge >= 0.3 is 0 Å². The number of fused-ring (bicyclic) bond motifs is 6. The van der Waals surface area contributed by atoms with Gasteiger partial charge in [-0.15, -0.1) is 4.98 Å². The Balaban J connectivity index is 0.000000126. The van der Waals surface area contributed by atoms with Crippen LogP contribution in [0.3, 0.4) is 0 Å². The van der Waals surface area contributed by atoms with Crippen LogP contribution in [-0.2, 0) is 38.9 Å². The number of carbonyl (C=O) groups excluding carboxylic acids is 1. The molecule has 12 aromatic rings. The third-order valence-corrected chi connectivity index (χ3v) is 16.1. The Labute approximate surface area is 525 Å². The molecule has 15 rings (SSSR count). The molecule has 0 saturated heterocycles. The van der Waals surface area contributed by atoms with Crippen LogP contribution in [0.1, 0.15) is 60.8 Å². The van der Waals surface area contributed by atoms with Crippen molar-refractivity contribution in [3.8, 4) is 50.6 Å². The lowest BCUT2D eigenvalue weighted by atomic mass is 10.0. The molecule has 1 amide bonds. The standard InChI is InChI=1S/C24H22FN5O2.C23H18FN5O.C22H17FN6O/c1-14-13-30-22(29-14)18(15-3-5-16(6-4-15)23(31)26-2)11-27-24(30)28-12-19-17-9-10-32-21(17)8-7-20(19)25;1-14-13-29-22(28-14)18(15-5-3-4-6-20(15)25-2)12-27-23(29)26-11-17-16-9-10-30-21(16)8-7-19(17)24;1-13-12-29-21(28-13)16(14-5-7-25-20(9-14)24-2)10-26-22(29)27-11-17-15-6-8-30-19(15)4-3-18(17)23/h3-8,11,13H,9-10,12H2,1-2H3,(H,26,31)(H,27,28);3-8,12-13H,9-11H2,1H3,(H,26,27);3-5,7,9-10,12H,6,8,11H2,1H3,(H,26,27). The lowest BCUT2D eigenvalue weighted by molar-refractivity contribution is 0.0963. The summed E-state index contributed by atoms with van der Waals surface area (Å²) in [6, 6.07) is 27.6. The van der Waals surface area contributed by atoms with Crippen LogP contribution < -0.4 is 35.5 Å². The van der Waals surface area contributed by atoms with Crippen molar-refractivity contribution in [1.29, 1.82) is 0 Å². The van der Waals surface area contributed by atoms with Gasteiger partial charge in [-0.3, -0.25) is 18.0 Å². The smallest absolute Gasteiger partial charge is 0.270 e. The number of halogens is 3. The van der Waals surface area contributed by atoms with Gasteiger partial charge in [0.2, 0.25) is 17.8 Å². The molecule has 23 heteroatoms. The van der Waals surface area contributed by atoms with Gasteiger partial charge in [-0.1, -0.05) is 43.0 Å². The Morgan fingerprint density at radius 1 is 0.522 bits per heavy atom. The summed E-state index contributed by atoms with van der Waals surface area (Å²) >= 11 is 0. The van der Waals surface area contributed by atoms with Gasteiger partial charge in [0.15, 0.2) is 5.69 Å². The van der Waals surface area contributed by atoms with E-state index in [1.54, 1.807) is 74.3 Å². The van der Waals surface area contributed by atoms with E-state index in [-0.39, 0.29) is 43.0 Å². The largest absolute Gasteiger partial charge is 0.493 e. The molecule has 3 aliphatic rings. The van der Waals surface area contributed by atoms with Gasteiger partial charge in [0.1, 0.15) is 57.8 Å². The van der Waals surface area contributed by atoms with Crippen molar-refractivity contribution in [2.45, 2.75) is 59.7 Å². The highest BCUT2D eigenvalue weighted by Gasteiger charge is 2.24. The van der Waals surface area contributed by atoms with Crippen molar-refractivity contribution in [1.82, 2.24) is 53.4 Å². The van der Waals surface area contributed by atoms with E-state index >= 15 is 0 Å². The van der Waals surface area contributed by atoms with E-state index in [0.717, 1.165) is 90.0 Å². The van der Waals surface area contributed by atoms with E-state index in [1.165, 1.54) is 18.2 Å². The SMILES string of the molecule is CNC(=O)c1ccc(-c2cnc(NCc3c(F)ccc4c3CCO4)n3cc(C)nc23)cc1.[C-]#[N+]c1cc(-c2cnc(NCc3c(F)ccc4c3CCO4)n3cc(C)nc23)ccn1.[C-]#[N+]c1ccccc1-c1cnc(NCc2c(F)ccc3c2CCO3)n2cc(C)nc12. The maximum atomic E-state index is 14.5. The summed E-state index contributed by atoms with van der Waals surface area (Å²) in [4.78, 5) is 50.5. The minimum Gasteiger partial charge on any atom is -0.493 e. The first kappa shape index (κ1) is 59.1. The maximum absolute atomic E-state index is 14.5. The maximum Gasteiger partial charge on any atom is 0.270 e. The number of aromatic nitrogens is 10. The molecule has 10 heterocycles. The van der Waals surface area contributed by atoms with E-state index in [0.29, 0.717) is 102 Å². The highest BCUT2D eigenvalue weighted by Crippen LogP contribution is 2.37. The molecule has 0 bridgehead atoms. The molecule has 0 aliphatic carbocycles. The highest BCUT2D eigenvalue weighted by atomic mass is 19.1. The Hall–Kier alpha value is -11.9. The second-order valence-corrected chi connectivity index (χ2v) is 21.9. The van der Waals surface area contributed by atoms with Crippen LogP contribution in [0.2, 0.25) is 0 Å². The number of nitrogens with zero attached hydrogens (tertiary/aromatic N) is 12. The molecule has 0 fully saturated rings. The van der Waals surface area contributed by atoms with Crippen LogP contribution in [0.15, 0.2) is 140 Å². The minimum atomic E-state index is -0.259. The predicted octanol–water partition coefficient (Wildman–Crippen LogP) is 13.0. The van der Waals surface area contributed by atoms with Crippen LogP contribution in [0.4, 0.5) is 42.5 Å². The average molecular weight is 1230 g/mol. The number of nitrogens with one attached hydrogen (secondary N) is 4. The number of rotatable bonds is 13. The first-order valence-electron chi connectivity index (χ1n) is 29.5. The molecule has 458 valence electrons. The number of para-hydroxylation sites is 1. The van der Waals surface area contributed by atoms with Gasteiger partial charge in [0.25, 0.3) is 11.7 Å². The zero-order valence-electron chi connectivity index (χ0n) is 50.3. The van der Waals surface area contributed by atoms with Crippen LogP contribution in [-0.4, -0.2) is 80.9 Å². The quantitative estimate of drug-likeness (QED) is 0.0793. The van der Waals surface area contributed by atoms with Crippen LogP contribution >= 0.6 is 0 Å². The van der Waals surface area contributed by atoms with E-state index in [2.05, 4.69) is 65.8 Å². The molecule has 0 saturated carbocycles. The highest BCUT2D eigenvalue weighted by molar-refractivity contribution is 5.95. The van der Waals surface area contributed by atoms with E-state index in [1.807, 2.05) is 89.0 Å². The van der Waals surface area contributed by atoms with Gasteiger partial charge in [-0.25, -0.2) is 47.9 Å². The van der Waals surface area contributed by atoms with Gasteiger partial charge in [0.05, 0.1) is 43.5 Å². The predicted molar refractivity (Wildman–Crippen MR) is 342 cm³/mol. The topological polar surface area (TPSA) is 205 Å². The zero-order chi connectivity index (χ0) is 63.6. The third-order valence-electron chi connectivity index (χ3n) is 16.1. The number of benzene rings is 5. The molecule has 3 aliphatic heterocycles. The summed E-state index contributed by atoms with van der Waals surface area (Å²) < 4.78 is 65.7. The molecule has 0 spiro atoms. The normalized spacial score (nSPS) is 12.4. The number of amides is 1.